The van der Waals surface area contributed by atoms with Gasteiger partial charge in [-0.2, -0.15) is 0 Å². The molecule has 2 aromatic rings. The van der Waals surface area contributed by atoms with Crippen molar-refractivity contribution in [3.8, 4) is 11.5 Å². The van der Waals surface area contributed by atoms with E-state index >= 15 is 0 Å². The minimum Gasteiger partial charge on any atom is -0.508 e. The minimum atomic E-state index is 0. The molecule has 0 fully saturated rings. The Morgan fingerprint density at radius 3 is 2.08 bits per heavy atom. The van der Waals surface area contributed by atoms with E-state index in [9.17, 15) is 10.2 Å². The smallest absolute Gasteiger partial charge is 0.120 e. The molecule has 3 N–H and O–H groups in total. The van der Waals surface area contributed by atoms with Gasteiger partial charge in [-0.05, 0) is 35.9 Å². The van der Waals surface area contributed by atoms with E-state index in [1.165, 1.54) is 25.3 Å². The number of anilines is 1. The average molecular weight is 401 g/mol. The van der Waals surface area contributed by atoms with E-state index in [-0.39, 0.29) is 31.0 Å². The summed E-state index contributed by atoms with van der Waals surface area (Å²) in [4.78, 5) is 9.37. The number of phenolic OH excluding ortho intramolecular Hbond substituents is 2. The zero-order chi connectivity index (χ0) is 18.4. The van der Waals surface area contributed by atoms with E-state index in [0.29, 0.717) is 18.7 Å². The Morgan fingerprint density at radius 1 is 0.920 bits per heavy atom. The molecule has 0 heterocycles. The molecule has 0 aromatic heterocycles. The maximum Gasteiger partial charge on any atom is 0.120 e. The van der Waals surface area contributed by atoms with Crippen LogP contribution in [0.25, 0.3) is 0 Å². The molecule has 25 heavy (non-hydrogen) atoms. The van der Waals surface area contributed by atoms with Crippen LogP contribution in [-0.4, -0.2) is 17.3 Å². The summed E-state index contributed by atoms with van der Waals surface area (Å²) in [6, 6.07) is 12.1. The SMILES string of the molecule is CC.CC.COOCc1ccc(NCc2cc(O)ccc2O)cc1.[Zn]. The van der Waals surface area contributed by atoms with Crippen molar-refractivity contribution in [1.29, 1.82) is 0 Å². The summed E-state index contributed by atoms with van der Waals surface area (Å²) < 4.78 is 0. The van der Waals surface area contributed by atoms with Crippen molar-refractivity contribution in [2.45, 2.75) is 40.8 Å². The molecule has 0 atom stereocenters. The van der Waals surface area contributed by atoms with Crippen LogP contribution >= 0.6 is 0 Å². The summed E-state index contributed by atoms with van der Waals surface area (Å²) in [5, 5.41) is 22.2. The third-order valence-electron chi connectivity index (χ3n) is 2.84. The first-order chi connectivity index (χ1) is 11.7. The van der Waals surface area contributed by atoms with E-state index in [1.54, 1.807) is 0 Å². The first-order valence-corrected chi connectivity index (χ1v) is 8.18. The zero-order valence-corrected chi connectivity index (χ0v) is 18.8. The van der Waals surface area contributed by atoms with Crippen LogP contribution in [0.1, 0.15) is 38.8 Å². The van der Waals surface area contributed by atoms with E-state index in [4.69, 9.17) is 4.89 Å². The van der Waals surface area contributed by atoms with Crippen LogP contribution < -0.4 is 5.32 Å². The molecule has 0 unspecified atom stereocenters. The average Bonchev–Trinajstić information content (AvgIpc) is 2.65. The molecule has 5 nitrogen and oxygen atoms in total. The van der Waals surface area contributed by atoms with E-state index in [1.807, 2.05) is 52.0 Å². The van der Waals surface area contributed by atoms with Crippen molar-refractivity contribution in [3.05, 3.63) is 53.6 Å². The van der Waals surface area contributed by atoms with E-state index in [2.05, 4.69) is 10.2 Å². The van der Waals surface area contributed by atoms with Gasteiger partial charge in [0.05, 0.1) is 7.11 Å². The van der Waals surface area contributed by atoms with Crippen LogP contribution in [0.4, 0.5) is 5.69 Å². The van der Waals surface area contributed by atoms with Gasteiger partial charge in [0.25, 0.3) is 0 Å². The number of benzene rings is 2. The van der Waals surface area contributed by atoms with Crippen molar-refractivity contribution in [2.24, 2.45) is 0 Å². The molecule has 0 saturated carbocycles. The first-order valence-electron chi connectivity index (χ1n) is 8.18. The number of hydrogen-bond donors (Lipinski definition) is 3. The summed E-state index contributed by atoms with van der Waals surface area (Å²) in [6.07, 6.45) is 0. The van der Waals surface area contributed by atoms with Crippen LogP contribution in [0, 0.1) is 0 Å². The monoisotopic (exact) mass is 399 g/mol. The van der Waals surface area contributed by atoms with Crippen LogP contribution in [0.15, 0.2) is 42.5 Å². The van der Waals surface area contributed by atoms with Crippen molar-refractivity contribution in [1.82, 2.24) is 0 Å². The van der Waals surface area contributed by atoms with Crippen LogP contribution in [0.2, 0.25) is 0 Å². The van der Waals surface area contributed by atoms with Crippen molar-refractivity contribution in [2.75, 3.05) is 12.4 Å². The molecule has 6 heteroatoms. The number of rotatable bonds is 6. The summed E-state index contributed by atoms with van der Waals surface area (Å²) in [6.45, 7) is 8.82. The number of aromatic hydroxyl groups is 2. The van der Waals surface area contributed by atoms with Crippen LogP contribution in [-0.2, 0) is 42.4 Å². The number of phenols is 2. The normalized spacial score (nSPS) is 8.84. The fourth-order valence-corrected chi connectivity index (χ4v) is 1.76. The molecular weight excluding hydrogens is 372 g/mol. The Bertz CT molecular complexity index is 562. The topological polar surface area (TPSA) is 71.0 Å². The molecule has 0 bridgehead atoms. The molecule has 0 aliphatic heterocycles. The van der Waals surface area contributed by atoms with Crippen molar-refractivity contribution in [3.63, 3.8) is 0 Å². The summed E-state index contributed by atoms with van der Waals surface area (Å²) >= 11 is 0. The molecule has 2 aromatic carbocycles. The standard InChI is InChI=1S/C15H17NO4.2C2H6.Zn/c1-19-20-10-11-2-4-13(5-3-11)16-9-12-8-14(17)6-7-15(12)18;2*1-2;/h2-8,16-18H,9-10H2,1H3;2*1-2H3;. The Hall–Kier alpha value is -1.62. The van der Waals surface area contributed by atoms with Gasteiger partial charge >= 0.3 is 0 Å². The minimum absolute atomic E-state index is 0. The Labute approximate surface area is 163 Å². The first kappa shape index (κ1) is 25.6. The molecule has 0 saturated heterocycles. The number of hydrogen-bond acceptors (Lipinski definition) is 5. The largest absolute Gasteiger partial charge is 0.508 e. The summed E-state index contributed by atoms with van der Waals surface area (Å²) in [5.41, 5.74) is 2.54. The molecule has 0 spiro atoms. The van der Waals surface area contributed by atoms with Gasteiger partial charge in [0.15, 0.2) is 0 Å². The molecule has 2 rings (SSSR count). The Kier molecular flexibility index (Phi) is 16.3. The van der Waals surface area contributed by atoms with Gasteiger partial charge < -0.3 is 15.5 Å². The van der Waals surface area contributed by atoms with Gasteiger partial charge in [0.2, 0.25) is 0 Å². The predicted octanol–water partition coefficient (Wildman–Crippen LogP) is 4.84. The molecule has 136 valence electrons. The fraction of sp³-hybridized carbons (Fsp3) is 0.368. The van der Waals surface area contributed by atoms with Gasteiger partial charge in [0.1, 0.15) is 18.1 Å². The van der Waals surface area contributed by atoms with Gasteiger partial charge in [-0.1, -0.05) is 39.8 Å². The third kappa shape index (κ3) is 10.1. The second-order valence-electron chi connectivity index (χ2n) is 4.29. The maximum absolute atomic E-state index is 9.67. The number of nitrogens with one attached hydrogen (secondary N) is 1. The third-order valence-corrected chi connectivity index (χ3v) is 2.84. The van der Waals surface area contributed by atoms with Crippen LogP contribution in [0.3, 0.4) is 0 Å². The van der Waals surface area contributed by atoms with Gasteiger partial charge in [-0.15, -0.1) is 0 Å². The second kappa shape index (κ2) is 15.9. The molecule has 0 radical (unpaired) electrons. The quantitative estimate of drug-likeness (QED) is 0.280. The summed E-state index contributed by atoms with van der Waals surface area (Å²) in [7, 11) is 1.47. The van der Waals surface area contributed by atoms with E-state index in [0.717, 1.165) is 11.3 Å². The molecule has 0 aliphatic rings. The van der Waals surface area contributed by atoms with Crippen LogP contribution in [0.5, 0.6) is 11.5 Å². The van der Waals surface area contributed by atoms with Gasteiger partial charge in [0, 0.05) is 37.3 Å². The zero-order valence-electron chi connectivity index (χ0n) is 15.9. The van der Waals surface area contributed by atoms with Crippen molar-refractivity contribution < 1.29 is 39.5 Å². The maximum atomic E-state index is 9.67. The Morgan fingerprint density at radius 2 is 1.52 bits per heavy atom. The summed E-state index contributed by atoms with van der Waals surface area (Å²) in [5.74, 6) is 0.284. The van der Waals surface area contributed by atoms with Gasteiger partial charge in [-0.3, -0.25) is 0 Å². The van der Waals surface area contributed by atoms with Crippen molar-refractivity contribution >= 4 is 5.69 Å². The molecule has 0 amide bonds. The predicted molar refractivity (Wildman–Crippen MR) is 98.0 cm³/mol. The Balaban J connectivity index is 0. The second-order valence-corrected chi connectivity index (χ2v) is 4.29. The molecule has 0 aliphatic carbocycles. The van der Waals surface area contributed by atoms with E-state index < -0.39 is 0 Å². The molecular formula is C19H29NO4Zn. The van der Waals surface area contributed by atoms with Gasteiger partial charge in [-0.25, -0.2) is 9.78 Å². The fourth-order valence-electron chi connectivity index (χ4n) is 1.76.